The maximum Gasteiger partial charge on any atom is 0.261 e. The second-order valence-corrected chi connectivity index (χ2v) is 4.33. The highest BCUT2D eigenvalue weighted by Crippen LogP contribution is 2.26. The molecule has 1 aromatic carbocycles. The zero-order chi connectivity index (χ0) is 15.4. The molecule has 0 spiro atoms. The smallest absolute Gasteiger partial charge is 0.261 e. The minimum absolute atomic E-state index is 0.274. The first kappa shape index (κ1) is 14.8. The minimum atomic E-state index is -0.407. The van der Waals surface area contributed by atoms with Gasteiger partial charge in [0.25, 0.3) is 5.56 Å². The van der Waals surface area contributed by atoms with Gasteiger partial charge in [-0.25, -0.2) is 4.39 Å². The van der Waals surface area contributed by atoms with E-state index in [-0.39, 0.29) is 11.1 Å². The highest BCUT2D eigenvalue weighted by atomic mass is 19.1. The highest BCUT2D eigenvalue weighted by Gasteiger charge is 2.18. The Hall–Kier alpha value is -2.63. The summed E-state index contributed by atoms with van der Waals surface area (Å²) in [6, 6.07) is 4.57. The predicted molar refractivity (Wildman–Crippen MR) is 84.5 cm³/mol. The van der Waals surface area contributed by atoms with Crippen LogP contribution in [0.3, 0.4) is 0 Å². The van der Waals surface area contributed by atoms with Gasteiger partial charge in [0.05, 0.1) is 16.6 Å². The number of fused-ring (bicyclic) bond motifs is 1. The minimum Gasteiger partial charge on any atom is -0.387 e. The molecule has 0 unspecified atom stereocenters. The second kappa shape index (κ2) is 6.21. The number of hydrogen-bond acceptors (Lipinski definition) is 3. The van der Waals surface area contributed by atoms with Crippen molar-refractivity contribution in [2.45, 2.75) is 6.92 Å². The van der Waals surface area contributed by atoms with Crippen LogP contribution in [0.15, 0.2) is 40.3 Å². The lowest BCUT2D eigenvalue weighted by Crippen LogP contribution is -2.29. The van der Waals surface area contributed by atoms with Gasteiger partial charge in [-0.05, 0) is 25.3 Å². The zero-order valence-corrected chi connectivity index (χ0v) is 12.1. The van der Waals surface area contributed by atoms with E-state index in [0.29, 0.717) is 22.4 Å². The van der Waals surface area contributed by atoms with Crippen LogP contribution in [0.4, 0.5) is 10.1 Å². The van der Waals surface area contributed by atoms with E-state index < -0.39 is 5.82 Å². The molecular weight excluding hydrogens is 271 g/mol. The molecule has 0 saturated carbocycles. The maximum atomic E-state index is 14.1. The van der Waals surface area contributed by atoms with Crippen LogP contribution in [-0.4, -0.2) is 24.9 Å². The Morgan fingerprint density at radius 2 is 2.19 bits per heavy atom. The van der Waals surface area contributed by atoms with Crippen molar-refractivity contribution >= 4 is 22.4 Å². The summed E-state index contributed by atoms with van der Waals surface area (Å²) in [5, 5.41) is 6.16. The van der Waals surface area contributed by atoms with Crippen molar-refractivity contribution in [1.29, 1.82) is 0 Å². The molecule has 5 nitrogen and oxygen atoms in total. The molecule has 1 aromatic heterocycles. The van der Waals surface area contributed by atoms with Crippen LogP contribution < -0.4 is 16.2 Å². The summed E-state index contributed by atoms with van der Waals surface area (Å²) in [6.45, 7) is 1.84. The van der Waals surface area contributed by atoms with E-state index >= 15 is 0 Å². The normalized spacial score (nSPS) is 12.1. The Balaban J connectivity index is 2.82. The molecule has 0 amide bonds. The second-order valence-electron chi connectivity index (χ2n) is 4.33. The third-order valence-corrected chi connectivity index (χ3v) is 3.09. The Kier molecular flexibility index (Phi) is 4.37. The molecule has 0 aliphatic rings. The fraction of sp³-hybridized carbons (Fsp3) is 0.200. The summed E-state index contributed by atoms with van der Waals surface area (Å²) >= 11 is 0. The maximum absolute atomic E-state index is 14.1. The summed E-state index contributed by atoms with van der Waals surface area (Å²) in [5.41, 5.74) is 0.782. The van der Waals surface area contributed by atoms with Gasteiger partial charge in [0, 0.05) is 14.1 Å². The Labute approximate surface area is 121 Å². The molecule has 0 saturated heterocycles. The first-order valence-corrected chi connectivity index (χ1v) is 6.51. The number of hydrogen-bond donors (Lipinski definition) is 3. The number of pyridine rings is 1. The molecule has 0 aliphatic heterocycles. The Morgan fingerprint density at radius 1 is 1.43 bits per heavy atom. The molecule has 21 heavy (non-hydrogen) atoms. The molecule has 0 aliphatic carbocycles. The molecule has 2 aromatic rings. The lowest BCUT2D eigenvalue weighted by Gasteiger charge is -2.14. The molecule has 3 N–H and O–H groups in total. The first-order valence-electron chi connectivity index (χ1n) is 6.51. The van der Waals surface area contributed by atoms with Crippen molar-refractivity contribution in [3.63, 3.8) is 0 Å². The van der Waals surface area contributed by atoms with Crippen LogP contribution in [0.1, 0.15) is 12.5 Å². The van der Waals surface area contributed by atoms with E-state index in [1.807, 2.05) is 6.92 Å². The number of nitrogens with zero attached hydrogens (tertiary/aromatic N) is 1. The van der Waals surface area contributed by atoms with Gasteiger partial charge in [-0.2, -0.15) is 0 Å². The van der Waals surface area contributed by atoms with Gasteiger partial charge < -0.3 is 15.6 Å². The molecule has 0 atom stereocenters. The fourth-order valence-corrected chi connectivity index (χ4v) is 2.19. The number of aromatic amines is 1. The van der Waals surface area contributed by atoms with Gasteiger partial charge in [0.2, 0.25) is 0 Å². The van der Waals surface area contributed by atoms with Gasteiger partial charge in [0.15, 0.2) is 0 Å². The number of allylic oxidation sites excluding steroid dienone is 1. The number of nitrogens with one attached hydrogen (secondary N) is 3. The topological polar surface area (TPSA) is 69.3 Å². The number of benzene rings is 1. The SMILES string of the molecule is C/C=C/NC(=NC)c1c(NC)c2c(F)cccc2[nH]c1=O. The third-order valence-electron chi connectivity index (χ3n) is 3.09. The van der Waals surface area contributed by atoms with Crippen LogP contribution in [0.2, 0.25) is 0 Å². The lowest BCUT2D eigenvalue weighted by atomic mass is 10.1. The molecule has 0 bridgehead atoms. The summed E-state index contributed by atoms with van der Waals surface area (Å²) in [7, 11) is 3.21. The molecule has 0 radical (unpaired) electrons. The van der Waals surface area contributed by atoms with Crippen LogP contribution in [-0.2, 0) is 0 Å². The van der Waals surface area contributed by atoms with E-state index in [9.17, 15) is 9.18 Å². The first-order chi connectivity index (χ1) is 10.1. The molecule has 2 rings (SSSR count). The van der Waals surface area contributed by atoms with Crippen LogP contribution in [0.25, 0.3) is 10.9 Å². The van der Waals surface area contributed by atoms with E-state index in [1.54, 1.807) is 38.5 Å². The molecule has 1 heterocycles. The number of H-pyrrole nitrogens is 1. The van der Waals surface area contributed by atoms with Gasteiger partial charge in [-0.3, -0.25) is 9.79 Å². The average molecular weight is 288 g/mol. The molecule has 110 valence electrons. The van der Waals surface area contributed by atoms with Gasteiger partial charge >= 0.3 is 0 Å². The lowest BCUT2D eigenvalue weighted by molar-refractivity contribution is 0.640. The number of aromatic nitrogens is 1. The van der Waals surface area contributed by atoms with Crippen LogP contribution in [0, 0.1) is 5.82 Å². The van der Waals surface area contributed by atoms with Crippen molar-refractivity contribution in [1.82, 2.24) is 10.3 Å². The summed E-state index contributed by atoms with van der Waals surface area (Å²) < 4.78 is 14.1. The standard InChI is InChI=1S/C15H17FN4O/c1-4-8-19-14(18-3)12-13(17-2)11-9(16)6-5-7-10(11)20-15(12)21/h4-8H,1-3H3,(H,18,19)(H2,17,20,21)/b8-4+. The monoisotopic (exact) mass is 288 g/mol. The summed E-state index contributed by atoms with van der Waals surface area (Å²) in [6.07, 6.45) is 3.44. The van der Waals surface area contributed by atoms with E-state index in [2.05, 4.69) is 20.6 Å². The summed E-state index contributed by atoms with van der Waals surface area (Å²) in [4.78, 5) is 19.1. The van der Waals surface area contributed by atoms with E-state index in [1.165, 1.54) is 6.07 Å². The predicted octanol–water partition coefficient (Wildman–Crippen LogP) is 2.21. The van der Waals surface area contributed by atoms with Crippen LogP contribution >= 0.6 is 0 Å². The number of halogens is 1. The number of rotatable bonds is 3. The van der Waals surface area contributed by atoms with Gasteiger partial charge in [0.1, 0.15) is 17.2 Å². The van der Waals surface area contributed by atoms with Gasteiger partial charge in [-0.1, -0.05) is 12.1 Å². The number of anilines is 1. The van der Waals surface area contributed by atoms with E-state index in [4.69, 9.17) is 0 Å². The van der Waals surface area contributed by atoms with Crippen molar-refractivity contribution in [2.75, 3.05) is 19.4 Å². The molecular formula is C15H17FN4O. The largest absolute Gasteiger partial charge is 0.387 e. The average Bonchev–Trinajstić information content (AvgIpc) is 2.48. The van der Waals surface area contributed by atoms with Crippen molar-refractivity contribution < 1.29 is 4.39 Å². The van der Waals surface area contributed by atoms with Gasteiger partial charge in [-0.15, -0.1) is 0 Å². The molecule has 6 heteroatoms. The van der Waals surface area contributed by atoms with Crippen molar-refractivity contribution in [3.8, 4) is 0 Å². The summed E-state index contributed by atoms with van der Waals surface area (Å²) in [5.74, 6) is -0.0420. The molecule has 0 fully saturated rings. The zero-order valence-electron chi connectivity index (χ0n) is 12.1. The van der Waals surface area contributed by atoms with Crippen LogP contribution in [0.5, 0.6) is 0 Å². The third kappa shape index (κ3) is 2.65. The Morgan fingerprint density at radius 3 is 2.81 bits per heavy atom. The Bertz CT molecular complexity index is 777. The fourth-order valence-electron chi connectivity index (χ4n) is 2.19. The highest BCUT2D eigenvalue weighted by molar-refractivity contribution is 6.09. The van der Waals surface area contributed by atoms with Crippen molar-refractivity contribution in [3.05, 3.63) is 52.2 Å². The van der Waals surface area contributed by atoms with E-state index in [0.717, 1.165) is 0 Å². The van der Waals surface area contributed by atoms with Crippen molar-refractivity contribution in [2.24, 2.45) is 4.99 Å². The number of aliphatic imine (C=N–C) groups is 1. The quantitative estimate of drug-likeness (QED) is 0.599. The number of amidine groups is 1.